The molecule has 1 saturated heterocycles. The average Bonchev–Trinajstić information content (AvgIpc) is 2.99. The van der Waals surface area contributed by atoms with Gasteiger partial charge in [0.2, 0.25) is 5.91 Å². The van der Waals surface area contributed by atoms with Crippen LogP contribution in [-0.2, 0) is 4.79 Å². The van der Waals surface area contributed by atoms with Crippen LogP contribution >= 0.6 is 0 Å². The number of anilines is 1. The SMILES string of the molecule is Cc1cc(C)c(C2CC(C(=O)Nc3ccc(C)c(C)c3)NN2)c(O)c1. The topological polar surface area (TPSA) is 73.4 Å². The maximum Gasteiger partial charge on any atom is 0.242 e. The van der Waals surface area contributed by atoms with Crippen molar-refractivity contribution >= 4 is 11.6 Å². The highest BCUT2D eigenvalue weighted by Gasteiger charge is 2.32. The summed E-state index contributed by atoms with van der Waals surface area (Å²) >= 11 is 0. The summed E-state index contributed by atoms with van der Waals surface area (Å²) < 4.78 is 0. The van der Waals surface area contributed by atoms with Crippen molar-refractivity contribution < 1.29 is 9.90 Å². The van der Waals surface area contributed by atoms with Crippen molar-refractivity contribution in [1.29, 1.82) is 0 Å². The Bertz CT molecular complexity index is 794. The highest BCUT2D eigenvalue weighted by molar-refractivity contribution is 5.95. The van der Waals surface area contributed by atoms with Gasteiger partial charge in [-0.25, -0.2) is 10.9 Å². The van der Waals surface area contributed by atoms with Crippen molar-refractivity contribution in [3.8, 4) is 5.75 Å². The third kappa shape index (κ3) is 3.67. The van der Waals surface area contributed by atoms with Crippen LogP contribution in [0.15, 0.2) is 30.3 Å². The predicted octanol–water partition coefficient (Wildman–Crippen LogP) is 3.17. The van der Waals surface area contributed by atoms with Crippen LogP contribution in [0.3, 0.4) is 0 Å². The summed E-state index contributed by atoms with van der Waals surface area (Å²) in [6, 6.07) is 9.23. The molecule has 4 N–H and O–H groups in total. The zero-order chi connectivity index (χ0) is 18.1. The van der Waals surface area contributed by atoms with Crippen LogP contribution in [-0.4, -0.2) is 17.1 Å². The van der Waals surface area contributed by atoms with E-state index in [1.54, 1.807) is 6.07 Å². The number of nitrogens with one attached hydrogen (secondary N) is 3. The molecule has 0 aromatic heterocycles. The van der Waals surface area contributed by atoms with E-state index in [2.05, 4.69) is 16.2 Å². The maximum absolute atomic E-state index is 12.5. The van der Waals surface area contributed by atoms with Gasteiger partial charge in [0.1, 0.15) is 11.8 Å². The molecule has 132 valence electrons. The number of amides is 1. The maximum atomic E-state index is 12.5. The number of hydrogen-bond donors (Lipinski definition) is 4. The lowest BCUT2D eigenvalue weighted by Gasteiger charge is -2.16. The molecule has 2 atom stereocenters. The van der Waals surface area contributed by atoms with Crippen molar-refractivity contribution in [2.24, 2.45) is 0 Å². The Labute approximate surface area is 148 Å². The molecule has 2 unspecified atom stereocenters. The Morgan fingerprint density at radius 2 is 1.80 bits per heavy atom. The van der Waals surface area contributed by atoms with E-state index < -0.39 is 0 Å². The number of carbonyl (C=O) groups is 1. The molecule has 0 bridgehead atoms. The number of hydrazine groups is 1. The van der Waals surface area contributed by atoms with Crippen LogP contribution in [0.1, 0.15) is 40.3 Å². The van der Waals surface area contributed by atoms with E-state index in [-0.39, 0.29) is 23.7 Å². The van der Waals surface area contributed by atoms with Gasteiger partial charge in [-0.1, -0.05) is 12.1 Å². The van der Waals surface area contributed by atoms with Gasteiger partial charge in [-0.05, 0) is 74.6 Å². The molecule has 0 aliphatic carbocycles. The van der Waals surface area contributed by atoms with Crippen LogP contribution in [0.2, 0.25) is 0 Å². The van der Waals surface area contributed by atoms with Crippen LogP contribution in [0.5, 0.6) is 5.75 Å². The molecule has 1 aliphatic heterocycles. The highest BCUT2D eigenvalue weighted by Crippen LogP contribution is 2.33. The number of hydrogen-bond acceptors (Lipinski definition) is 4. The molecular formula is C20H25N3O2. The third-order valence-corrected chi connectivity index (χ3v) is 4.85. The number of rotatable bonds is 3. The van der Waals surface area contributed by atoms with E-state index >= 15 is 0 Å². The van der Waals surface area contributed by atoms with Gasteiger partial charge in [-0.3, -0.25) is 4.79 Å². The second kappa shape index (κ2) is 6.86. The molecule has 2 aromatic carbocycles. The van der Waals surface area contributed by atoms with E-state index in [0.717, 1.165) is 27.9 Å². The quantitative estimate of drug-likeness (QED) is 0.693. The molecule has 0 saturated carbocycles. The number of aryl methyl sites for hydroxylation is 4. The molecule has 0 radical (unpaired) electrons. The summed E-state index contributed by atoms with van der Waals surface area (Å²) in [5, 5.41) is 13.2. The van der Waals surface area contributed by atoms with Crippen molar-refractivity contribution in [3.63, 3.8) is 0 Å². The lowest BCUT2D eigenvalue weighted by atomic mass is 9.95. The van der Waals surface area contributed by atoms with Crippen molar-refractivity contribution in [1.82, 2.24) is 10.9 Å². The first-order valence-electron chi connectivity index (χ1n) is 8.54. The standard InChI is InChI=1S/C20H25N3O2/c1-11-7-14(4)19(18(24)8-11)16-10-17(23-22-16)20(25)21-15-6-5-12(2)13(3)9-15/h5-9,16-17,22-24H,10H2,1-4H3,(H,21,25). The van der Waals surface area contributed by atoms with Crippen molar-refractivity contribution in [2.45, 2.75) is 46.2 Å². The highest BCUT2D eigenvalue weighted by atomic mass is 16.3. The Hall–Kier alpha value is -2.37. The summed E-state index contributed by atoms with van der Waals surface area (Å²) in [5.74, 6) is 0.189. The lowest BCUT2D eigenvalue weighted by molar-refractivity contribution is -0.117. The number of benzene rings is 2. The second-order valence-electron chi connectivity index (χ2n) is 6.93. The Kier molecular flexibility index (Phi) is 4.79. The summed E-state index contributed by atoms with van der Waals surface area (Å²) in [4.78, 5) is 12.5. The molecule has 25 heavy (non-hydrogen) atoms. The Morgan fingerprint density at radius 3 is 2.48 bits per heavy atom. The van der Waals surface area contributed by atoms with Crippen LogP contribution in [0.25, 0.3) is 0 Å². The minimum absolute atomic E-state index is 0.0810. The van der Waals surface area contributed by atoms with Gasteiger partial charge in [-0.15, -0.1) is 0 Å². The number of phenols is 1. The Morgan fingerprint density at radius 1 is 1.04 bits per heavy atom. The normalized spacial score (nSPS) is 19.8. The van der Waals surface area contributed by atoms with Gasteiger partial charge >= 0.3 is 0 Å². The zero-order valence-electron chi connectivity index (χ0n) is 15.1. The predicted molar refractivity (Wildman–Crippen MR) is 99.5 cm³/mol. The van der Waals surface area contributed by atoms with E-state index in [0.29, 0.717) is 6.42 Å². The van der Waals surface area contributed by atoms with E-state index in [4.69, 9.17) is 0 Å². The van der Waals surface area contributed by atoms with Gasteiger partial charge in [0.25, 0.3) is 0 Å². The fourth-order valence-corrected chi connectivity index (χ4v) is 3.38. The minimum atomic E-state index is -0.355. The third-order valence-electron chi connectivity index (χ3n) is 4.85. The second-order valence-corrected chi connectivity index (χ2v) is 6.93. The van der Waals surface area contributed by atoms with Gasteiger partial charge in [-0.2, -0.15) is 0 Å². The van der Waals surface area contributed by atoms with Crippen LogP contribution < -0.4 is 16.2 Å². The van der Waals surface area contributed by atoms with Gasteiger partial charge < -0.3 is 10.4 Å². The first kappa shape index (κ1) is 17.5. The number of aromatic hydroxyl groups is 1. The number of phenolic OH excluding ortho intramolecular Hbond substituents is 1. The Balaban J connectivity index is 1.70. The molecule has 1 aliphatic rings. The molecule has 5 nitrogen and oxygen atoms in total. The molecule has 3 rings (SSSR count). The van der Waals surface area contributed by atoms with Crippen LogP contribution in [0.4, 0.5) is 5.69 Å². The largest absolute Gasteiger partial charge is 0.508 e. The molecule has 1 amide bonds. The molecule has 5 heteroatoms. The molecule has 1 fully saturated rings. The molecule has 1 heterocycles. The molecule has 2 aromatic rings. The van der Waals surface area contributed by atoms with Gasteiger partial charge in [0.15, 0.2) is 0 Å². The molecule has 0 spiro atoms. The van der Waals surface area contributed by atoms with E-state index in [9.17, 15) is 9.90 Å². The monoisotopic (exact) mass is 339 g/mol. The molecular weight excluding hydrogens is 314 g/mol. The summed E-state index contributed by atoms with van der Waals surface area (Å²) in [6.07, 6.45) is 0.578. The van der Waals surface area contributed by atoms with E-state index in [1.807, 2.05) is 52.0 Å². The first-order chi connectivity index (χ1) is 11.8. The summed E-state index contributed by atoms with van der Waals surface area (Å²) in [6.45, 7) is 8.01. The minimum Gasteiger partial charge on any atom is -0.508 e. The van der Waals surface area contributed by atoms with Gasteiger partial charge in [0.05, 0.1) is 6.04 Å². The smallest absolute Gasteiger partial charge is 0.242 e. The first-order valence-corrected chi connectivity index (χ1v) is 8.54. The average molecular weight is 339 g/mol. The van der Waals surface area contributed by atoms with Gasteiger partial charge in [0, 0.05) is 11.3 Å². The summed E-state index contributed by atoms with van der Waals surface area (Å²) in [5.41, 5.74) is 12.2. The van der Waals surface area contributed by atoms with Crippen molar-refractivity contribution in [3.05, 3.63) is 58.1 Å². The number of carbonyl (C=O) groups excluding carboxylic acids is 1. The summed E-state index contributed by atoms with van der Waals surface area (Å²) in [7, 11) is 0. The van der Waals surface area contributed by atoms with E-state index in [1.165, 1.54) is 5.56 Å². The lowest BCUT2D eigenvalue weighted by Crippen LogP contribution is -2.39. The fraction of sp³-hybridized carbons (Fsp3) is 0.350. The van der Waals surface area contributed by atoms with Crippen molar-refractivity contribution in [2.75, 3.05) is 5.32 Å². The van der Waals surface area contributed by atoms with Crippen LogP contribution in [0, 0.1) is 27.7 Å². The fourth-order valence-electron chi connectivity index (χ4n) is 3.38. The zero-order valence-corrected chi connectivity index (χ0v) is 15.1.